The largest absolute Gasteiger partial charge is 0.375 e. The van der Waals surface area contributed by atoms with Gasteiger partial charge in [0.1, 0.15) is 0 Å². The molecule has 1 aromatic heterocycles. The first-order chi connectivity index (χ1) is 13.0. The molecule has 0 saturated carbocycles. The molecule has 0 fully saturated rings. The molecule has 27 heavy (non-hydrogen) atoms. The van der Waals surface area contributed by atoms with Crippen LogP contribution >= 0.6 is 22.9 Å². The maximum absolute atomic E-state index is 13.2. The molecule has 1 aliphatic rings. The van der Waals surface area contributed by atoms with Crippen LogP contribution in [0.2, 0.25) is 4.34 Å². The van der Waals surface area contributed by atoms with Crippen molar-refractivity contribution in [2.45, 2.75) is 18.6 Å². The van der Waals surface area contributed by atoms with Crippen LogP contribution in [0.1, 0.15) is 27.2 Å². The van der Waals surface area contributed by atoms with Crippen molar-refractivity contribution >= 4 is 40.3 Å². The Morgan fingerprint density at radius 1 is 1.04 bits per heavy atom. The number of benzene rings is 2. The highest BCUT2D eigenvalue weighted by Crippen LogP contribution is 2.43. The molecule has 1 aliphatic heterocycles. The van der Waals surface area contributed by atoms with Crippen molar-refractivity contribution in [3.8, 4) is 0 Å². The quantitative estimate of drug-likeness (QED) is 0.649. The van der Waals surface area contributed by atoms with E-state index in [4.69, 9.17) is 11.6 Å². The molecule has 6 heteroatoms. The van der Waals surface area contributed by atoms with E-state index in [1.165, 1.54) is 0 Å². The molecule has 0 saturated heterocycles. The third kappa shape index (κ3) is 3.18. The Hall–Kier alpha value is -2.47. The lowest BCUT2D eigenvalue weighted by Crippen LogP contribution is -2.41. The number of rotatable bonds is 5. The fourth-order valence-corrected chi connectivity index (χ4v) is 4.36. The zero-order valence-corrected chi connectivity index (χ0v) is 15.8. The maximum atomic E-state index is 13.2. The van der Waals surface area contributed by atoms with Crippen LogP contribution in [0.15, 0.2) is 66.7 Å². The second kappa shape index (κ2) is 6.93. The van der Waals surface area contributed by atoms with Gasteiger partial charge >= 0.3 is 0 Å². The van der Waals surface area contributed by atoms with E-state index in [1.807, 2.05) is 36.4 Å². The van der Waals surface area contributed by atoms with Crippen molar-refractivity contribution in [2.24, 2.45) is 0 Å². The summed E-state index contributed by atoms with van der Waals surface area (Å²) in [7, 11) is 0. The highest BCUT2D eigenvalue weighted by molar-refractivity contribution is 7.18. The fourth-order valence-electron chi connectivity index (χ4n) is 3.38. The summed E-state index contributed by atoms with van der Waals surface area (Å²) in [6.45, 7) is 0.331. The minimum Gasteiger partial charge on any atom is -0.375 e. The lowest BCUT2D eigenvalue weighted by molar-refractivity contribution is -0.136. The molecule has 3 aromatic rings. The van der Waals surface area contributed by atoms with E-state index >= 15 is 0 Å². The van der Waals surface area contributed by atoms with E-state index in [1.54, 1.807) is 35.2 Å². The highest BCUT2D eigenvalue weighted by Gasteiger charge is 2.50. The van der Waals surface area contributed by atoms with Crippen molar-refractivity contribution in [2.75, 3.05) is 4.90 Å². The number of halogens is 1. The Labute approximate surface area is 165 Å². The van der Waals surface area contributed by atoms with Crippen LogP contribution in [-0.4, -0.2) is 16.8 Å². The van der Waals surface area contributed by atoms with Gasteiger partial charge in [0.2, 0.25) is 0 Å². The van der Waals surface area contributed by atoms with Gasteiger partial charge in [0.25, 0.3) is 5.91 Å². The lowest BCUT2D eigenvalue weighted by Gasteiger charge is -2.22. The first kappa shape index (κ1) is 17.9. The number of aliphatic hydroxyl groups is 1. The Morgan fingerprint density at radius 3 is 2.44 bits per heavy atom. The molecule has 0 aliphatic carbocycles. The number of anilines is 1. The van der Waals surface area contributed by atoms with Crippen LogP contribution in [-0.2, 0) is 16.9 Å². The number of carbonyl (C=O) groups is 2. The molecular formula is C21H16ClNO3S. The Balaban J connectivity index is 1.68. The first-order valence-corrected chi connectivity index (χ1v) is 9.65. The number of thiophene rings is 1. The van der Waals surface area contributed by atoms with Crippen LogP contribution in [0, 0.1) is 0 Å². The number of fused-ring (bicyclic) bond motifs is 1. The Morgan fingerprint density at radius 2 is 1.74 bits per heavy atom. The average molecular weight is 398 g/mol. The summed E-state index contributed by atoms with van der Waals surface area (Å²) in [5.74, 6) is -0.789. The van der Waals surface area contributed by atoms with Crippen LogP contribution in [0.25, 0.3) is 0 Å². The normalized spacial score (nSPS) is 18.6. The van der Waals surface area contributed by atoms with Crippen molar-refractivity contribution in [3.63, 3.8) is 0 Å². The molecule has 0 spiro atoms. The number of hydrogen-bond acceptors (Lipinski definition) is 4. The second-order valence-electron chi connectivity index (χ2n) is 6.46. The molecule has 1 unspecified atom stereocenters. The van der Waals surface area contributed by atoms with Gasteiger partial charge in [-0.15, -0.1) is 11.3 Å². The van der Waals surface area contributed by atoms with Crippen LogP contribution in [0.5, 0.6) is 0 Å². The molecule has 136 valence electrons. The van der Waals surface area contributed by atoms with Gasteiger partial charge in [-0.25, -0.2) is 0 Å². The van der Waals surface area contributed by atoms with Gasteiger partial charge in [0, 0.05) is 5.56 Å². The average Bonchev–Trinajstić information content (AvgIpc) is 3.20. The van der Waals surface area contributed by atoms with Crippen molar-refractivity contribution in [1.82, 2.24) is 0 Å². The van der Waals surface area contributed by atoms with Crippen LogP contribution < -0.4 is 4.90 Å². The van der Waals surface area contributed by atoms with Crippen molar-refractivity contribution in [3.05, 3.63) is 87.1 Å². The third-order valence-corrected chi connectivity index (χ3v) is 5.96. The first-order valence-electron chi connectivity index (χ1n) is 8.45. The lowest BCUT2D eigenvalue weighted by atomic mass is 9.89. The molecule has 1 N–H and O–H groups in total. The number of nitrogens with zero attached hydrogens (tertiary/aromatic N) is 1. The van der Waals surface area contributed by atoms with Gasteiger partial charge < -0.3 is 10.0 Å². The van der Waals surface area contributed by atoms with Crippen LogP contribution in [0.3, 0.4) is 0 Å². The summed E-state index contributed by atoms with van der Waals surface area (Å²) in [5.41, 5.74) is 0.160. The summed E-state index contributed by atoms with van der Waals surface area (Å²) in [6.07, 6.45) is -0.315. The fraction of sp³-hybridized carbons (Fsp3) is 0.143. The van der Waals surface area contributed by atoms with Gasteiger partial charge in [-0.3, -0.25) is 9.59 Å². The van der Waals surface area contributed by atoms with E-state index in [9.17, 15) is 14.7 Å². The van der Waals surface area contributed by atoms with Crippen molar-refractivity contribution in [1.29, 1.82) is 0 Å². The maximum Gasteiger partial charge on any atom is 0.264 e. The smallest absolute Gasteiger partial charge is 0.264 e. The van der Waals surface area contributed by atoms with Gasteiger partial charge in [-0.1, -0.05) is 60.1 Å². The number of ketones is 1. The summed E-state index contributed by atoms with van der Waals surface area (Å²) in [4.78, 5) is 27.8. The predicted molar refractivity (Wildman–Crippen MR) is 106 cm³/mol. The highest BCUT2D eigenvalue weighted by atomic mass is 35.5. The number of amides is 1. The number of carbonyl (C=O) groups excluding carboxylic acids is 2. The molecule has 1 atom stereocenters. The molecule has 0 radical (unpaired) electrons. The summed E-state index contributed by atoms with van der Waals surface area (Å²) in [5, 5.41) is 11.3. The van der Waals surface area contributed by atoms with Gasteiger partial charge in [0.15, 0.2) is 11.4 Å². The number of hydrogen-bond donors (Lipinski definition) is 1. The monoisotopic (exact) mass is 397 g/mol. The molecule has 4 nitrogen and oxygen atoms in total. The molecule has 2 aromatic carbocycles. The molecular weight excluding hydrogens is 382 g/mol. The van der Waals surface area contributed by atoms with Gasteiger partial charge in [0.05, 0.1) is 27.9 Å². The van der Waals surface area contributed by atoms with E-state index in [0.717, 1.165) is 16.9 Å². The SMILES string of the molecule is O=C(CC1(O)C(=O)N(Cc2ccccc2)c2ccccc21)c1ccc(Cl)s1. The number of Topliss-reactive ketones (excluding diaryl/α,β-unsaturated/α-hetero) is 1. The van der Waals surface area contributed by atoms with Gasteiger partial charge in [-0.05, 0) is 23.8 Å². The Bertz CT molecular complexity index is 1020. The van der Waals surface area contributed by atoms with E-state index < -0.39 is 11.5 Å². The van der Waals surface area contributed by atoms with Gasteiger partial charge in [-0.2, -0.15) is 0 Å². The second-order valence-corrected chi connectivity index (χ2v) is 8.17. The molecule has 1 amide bonds. The summed E-state index contributed by atoms with van der Waals surface area (Å²) in [6, 6.07) is 19.9. The van der Waals surface area contributed by atoms with E-state index in [-0.39, 0.29) is 12.2 Å². The van der Waals surface area contributed by atoms with Crippen molar-refractivity contribution < 1.29 is 14.7 Å². The zero-order chi connectivity index (χ0) is 19.0. The third-order valence-electron chi connectivity index (χ3n) is 4.69. The molecule has 0 bridgehead atoms. The minimum atomic E-state index is -1.88. The molecule has 4 rings (SSSR count). The topological polar surface area (TPSA) is 57.6 Å². The standard InChI is InChI=1S/C21H16ClNO3S/c22-19-11-10-18(27-19)17(24)12-21(26)15-8-4-5-9-16(15)23(20(21)25)13-14-6-2-1-3-7-14/h1-11,26H,12-13H2. The zero-order valence-electron chi connectivity index (χ0n) is 14.3. The number of para-hydroxylation sites is 1. The predicted octanol–water partition coefficient (Wildman–Crippen LogP) is 4.41. The summed E-state index contributed by atoms with van der Waals surface area (Å²) < 4.78 is 0.495. The summed E-state index contributed by atoms with van der Waals surface area (Å²) >= 11 is 7.05. The Kier molecular flexibility index (Phi) is 4.60. The van der Waals surface area contributed by atoms with E-state index in [0.29, 0.717) is 27.0 Å². The van der Waals surface area contributed by atoms with Crippen LogP contribution in [0.4, 0.5) is 5.69 Å². The van der Waals surface area contributed by atoms with E-state index in [2.05, 4.69) is 0 Å². The minimum absolute atomic E-state index is 0.306. The molecule has 2 heterocycles.